The van der Waals surface area contributed by atoms with Gasteiger partial charge in [-0.3, -0.25) is 0 Å². The summed E-state index contributed by atoms with van der Waals surface area (Å²) in [7, 11) is 0. The molecule has 0 aliphatic carbocycles. The van der Waals surface area contributed by atoms with Gasteiger partial charge < -0.3 is 10.5 Å². The van der Waals surface area contributed by atoms with Crippen molar-refractivity contribution >= 4 is 5.97 Å². The van der Waals surface area contributed by atoms with Gasteiger partial charge in [0.15, 0.2) is 0 Å². The van der Waals surface area contributed by atoms with E-state index < -0.39 is 5.60 Å². The van der Waals surface area contributed by atoms with E-state index in [4.69, 9.17) is 10.5 Å². The van der Waals surface area contributed by atoms with Gasteiger partial charge in [-0.15, -0.1) is 0 Å². The molecule has 0 radical (unpaired) electrons. The normalized spacial score (nSPS) is 11.4. The summed E-state index contributed by atoms with van der Waals surface area (Å²) < 4.78 is 5.34. The number of rotatable bonds is 2. The molecule has 0 fully saturated rings. The third-order valence-electron chi connectivity index (χ3n) is 2.53. The summed E-state index contributed by atoms with van der Waals surface area (Å²) in [5.74, 6) is -0.285. The molecule has 0 atom stereocenters. The van der Waals surface area contributed by atoms with Gasteiger partial charge in [-0.2, -0.15) is 0 Å². The minimum atomic E-state index is -0.467. The Morgan fingerprint density at radius 2 is 1.71 bits per heavy atom. The minimum absolute atomic E-state index is 0.285. The number of hydrogen-bond donors (Lipinski definition) is 1. The molecular weight excluding hydrogens is 214 g/mol. The monoisotopic (exact) mass is 235 g/mol. The third-order valence-corrected chi connectivity index (χ3v) is 2.53. The van der Waals surface area contributed by atoms with Gasteiger partial charge in [-0.25, -0.2) is 4.79 Å². The lowest BCUT2D eigenvalue weighted by Crippen LogP contribution is -2.24. The maximum atomic E-state index is 11.9. The molecule has 17 heavy (non-hydrogen) atoms. The highest BCUT2D eigenvalue weighted by molar-refractivity contribution is 5.90. The molecule has 0 spiro atoms. The lowest BCUT2D eigenvalue weighted by molar-refractivity contribution is 0.00693. The van der Waals surface area contributed by atoms with Gasteiger partial charge in [0.2, 0.25) is 0 Å². The van der Waals surface area contributed by atoms with Crippen LogP contribution in [0.4, 0.5) is 0 Å². The molecule has 1 aromatic rings. The molecule has 0 heterocycles. The summed E-state index contributed by atoms with van der Waals surface area (Å²) in [6.07, 6.45) is 0. The van der Waals surface area contributed by atoms with Crippen LogP contribution >= 0.6 is 0 Å². The first-order valence-corrected chi connectivity index (χ1v) is 5.78. The highest BCUT2D eigenvalue weighted by Gasteiger charge is 2.18. The smallest absolute Gasteiger partial charge is 0.338 e. The van der Waals surface area contributed by atoms with E-state index in [1.165, 1.54) is 0 Å². The van der Waals surface area contributed by atoms with Crippen LogP contribution in [0.1, 0.15) is 47.8 Å². The second-order valence-corrected chi connectivity index (χ2v) is 5.29. The van der Waals surface area contributed by atoms with Gasteiger partial charge in [-0.05, 0) is 63.4 Å². The number of nitrogens with two attached hydrogens (primary N) is 1. The van der Waals surface area contributed by atoms with E-state index in [9.17, 15) is 4.79 Å². The van der Waals surface area contributed by atoms with E-state index in [1.54, 1.807) is 0 Å². The molecule has 0 aliphatic heterocycles. The molecule has 0 aromatic heterocycles. The SMILES string of the molecule is Cc1cc(C(=O)OC(C)(C)C)cc(C)c1CN. The van der Waals surface area contributed by atoms with Crippen molar-refractivity contribution in [3.8, 4) is 0 Å². The lowest BCUT2D eigenvalue weighted by atomic mass is 9.99. The first-order chi connectivity index (χ1) is 7.74. The molecule has 0 unspecified atom stereocenters. The zero-order valence-electron chi connectivity index (χ0n) is 11.3. The molecule has 2 N–H and O–H groups in total. The van der Waals surface area contributed by atoms with Crippen molar-refractivity contribution in [1.29, 1.82) is 0 Å². The van der Waals surface area contributed by atoms with E-state index in [1.807, 2.05) is 46.8 Å². The molecule has 3 heteroatoms. The number of esters is 1. The topological polar surface area (TPSA) is 52.3 Å². The minimum Gasteiger partial charge on any atom is -0.456 e. The number of carbonyl (C=O) groups is 1. The molecule has 0 amide bonds. The summed E-state index contributed by atoms with van der Waals surface area (Å²) in [6, 6.07) is 3.67. The van der Waals surface area contributed by atoms with Crippen molar-refractivity contribution in [2.24, 2.45) is 5.73 Å². The van der Waals surface area contributed by atoms with Crippen LogP contribution in [-0.2, 0) is 11.3 Å². The van der Waals surface area contributed by atoms with Crippen LogP contribution in [0, 0.1) is 13.8 Å². The Labute approximate surface area is 103 Å². The third kappa shape index (κ3) is 3.56. The summed E-state index contributed by atoms with van der Waals surface area (Å²) in [6.45, 7) is 10.00. The van der Waals surface area contributed by atoms with Crippen LogP contribution in [0.2, 0.25) is 0 Å². The van der Waals surface area contributed by atoms with Crippen LogP contribution in [0.25, 0.3) is 0 Å². The fourth-order valence-electron chi connectivity index (χ4n) is 1.77. The Hall–Kier alpha value is -1.35. The zero-order chi connectivity index (χ0) is 13.2. The van der Waals surface area contributed by atoms with E-state index in [-0.39, 0.29) is 5.97 Å². The Morgan fingerprint density at radius 1 is 1.24 bits per heavy atom. The zero-order valence-corrected chi connectivity index (χ0v) is 11.3. The van der Waals surface area contributed by atoms with Crippen molar-refractivity contribution in [2.45, 2.75) is 46.8 Å². The van der Waals surface area contributed by atoms with Crippen molar-refractivity contribution < 1.29 is 9.53 Å². The van der Waals surface area contributed by atoms with E-state index in [0.29, 0.717) is 12.1 Å². The summed E-state index contributed by atoms with van der Waals surface area (Å²) in [5, 5.41) is 0. The molecule has 0 saturated carbocycles. The highest BCUT2D eigenvalue weighted by Crippen LogP contribution is 2.19. The van der Waals surface area contributed by atoms with Crippen LogP contribution in [0.5, 0.6) is 0 Å². The Kier molecular flexibility index (Phi) is 3.94. The first-order valence-electron chi connectivity index (χ1n) is 5.78. The quantitative estimate of drug-likeness (QED) is 0.802. The van der Waals surface area contributed by atoms with Gasteiger partial charge in [0.05, 0.1) is 5.56 Å². The molecule has 0 aliphatic rings. The molecule has 0 bridgehead atoms. The molecule has 1 rings (SSSR count). The van der Waals surface area contributed by atoms with Gasteiger partial charge in [0.1, 0.15) is 5.60 Å². The fourth-order valence-corrected chi connectivity index (χ4v) is 1.77. The Morgan fingerprint density at radius 3 is 2.06 bits per heavy atom. The van der Waals surface area contributed by atoms with Crippen molar-refractivity contribution in [3.05, 3.63) is 34.4 Å². The summed E-state index contributed by atoms with van der Waals surface area (Å²) >= 11 is 0. The van der Waals surface area contributed by atoms with Gasteiger partial charge in [0, 0.05) is 6.54 Å². The Bertz CT molecular complexity index is 407. The molecule has 0 saturated heterocycles. The molecule has 1 aromatic carbocycles. The van der Waals surface area contributed by atoms with Crippen LogP contribution < -0.4 is 5.73 Å². The van der Waals surface area contributed by atoms with Gasteiger partial charge in [-0.1, -0.05) is 0 Å². The number of hydrogen-bond acceptors (Lipinski definition) is 3. The second-order valence-electron chi connectivity index (χ2n) is 5.29. The molecule has 94 valence electrons. The predicted molar refractivity (Wildman–Crippen MR) is 69.0 cm³/mol. The maximum absolute atomic E-state index is 11.9. The first kappa shape index (κ1) is 13.7. The van der Waals surface area contributed by atoms with Gasteiger partial charge >= 0.3 is 5.97 Å². The standard InChI is InChI=1S/C14H21NO2/c1-9-6-11(7-10(2)12(9)8-15)13(16)17-14(3,4)5/h6-7H,8,15H2,1-5H3. The van der Waals surface area contributed by atoms with Gasteiger partial charge in [0.25, 0.3) is 0 Å². The average molecular weight is 235 g/mol. The highest BCUT2D eigenvalue weighted by atomic mass is 16.6. The fraction of sp³-hybridized carbons (Fsp3) is 0.500. The Balaban J connectivity index is 3.05. The second kappa shape index (κ2) is 4.88. The van der Waals surface area contributed by atoms with Crippen molar-refractivity contribution in [2.75, 3.05) is 0 Å². The van der Waals surface area contributed by atoms with Crippen molar-refractivity contribution in [1.82, 2.24) is 0 Å². The van der Waals surface area contributed by atoms with E-state index in [2.05, 4.69) is 0 Å². The van der Waals surface area contributed by atoms with E-state index in [0.717, 1.165) is 16.7 Å². The predicted octanol–water partition coefficient (Wildman–Crippen LogP) is 2.72. The largest absolute Gasteiger partial charge is 0.456 e. The maximum Gasteiger partial charge on any atom is 0.338 e. The molecule has 3 nitrogen and oxygen atoms in total. The number of aryl methyl sites for hydroxylation is 2. The lowest BCUT2D eigenvalue weighted by Gasteiger charge is -2.20. The van der Waals surface area contributed by atoms with Crippen LogP contribution in [0.15, 0.2) is 12.1 Å². The van der Waals surface area contributed by atoms with Crippen LogP contribution in [-0.4, -0.2) is 11.6 Å². The number of carbonyl (C=O) groups excluding carboxylic acids is 1. The number of benzene rings is 1. The van der Waals surface area contributed by atoms with Crippen molar-refractivity contribution in [3.63, 3.8) is 0 Å². The van der Waals surface area contributed by atoms with Crippen LogP contribution in [0.3, 0.4) is 0 Å². The number of ether oxygens (including phenoxy) is 1. The molecular formula is C14H21NO2. The van der Waals surface area contributed by atoms with E-state index >= 15 is 0 Å². The average Bonchev–Trinajstić information content (AvgIpc) is 2.14. The summed E-state index contributed by atoms with van der Waals surface area (Å²) in [4.78, 5) is 11.9. The summed E-state index contributed by atoms with van der Waals surface area (Å²) in [5.41, 5.74) is 8.95.